The van der Waals surface area contributed by atoms with Crippen molar-refractivity contribution in [3.8, 4) is 51.0 Å². The van der Waals surface area contributed by atoms with Crippen LogP contribution in [0.3, 0.4) is 0 Å². The van der Waals surface area contributed by atoms with Crippen LogP contribution in [-0.2, 0) is 0 Å². The van der Waals surface area contributed by atoms with E-state index in [9.17, 15) is 0 Å². The van der Waals surface area contributed by atoms with Crippen molar-refractivity contribution in [1.82, 2.24) is 19.5 Å². The molecule has 0 aliphatic heterocycles. The first-order valence-corrected chi connectivity index (χ1v) is 21.7. The number of fused-ring (bicyclic) bond motifs is 9. The fraction of sp³-hybridized carbons (Fsp3) is 0. The van der Waals surface area contributed by atoms with E-state index in [1.165, 1.54) is 52.5 Å². The topological polar surface area (TPSA) is 43.6 Å². The third kappa shape index (κ3) is 5.42. The Hall–Kier alpha value is -7.99. The average molecular weight is 807 g/mol. The standard InChI is InChI=1S/C57H34N4S/c1-3-15-35(16-4-1)41-24-13-25-43-45(56-58-55(36-17-5-2-6-18-36)59-57(60-56)46-27-14-26-44-42-23-11-12-28-52(42)62-54(44)46)29-30-49(53(41)43)61-50-33-39-21-9-7-19-37(39)31-47(50)48-32-38-20-8-10-22-40(38)34-51(48)61/h1-34H. The van der Waals surface area contributed by atoms with Crippen LogP contribution in [0.25, 0.3) is 125 Å². The van der Waals surface area contributed by atoms with Gasteiger partial charge in [0.1, 0.15) is 0 Å². The zero-order valence-electron chi connectivity index (χ0n) is 33.3. The Kier molecular flexibility index (Phi) is 7.74. The molecule has 4 nitrogen and oxygen atoms in total. The molecule has 0 bridgehead atoms. The van der Waals surface area contributed by atoms with Crippen molar-refractivity contribution in [2.24, 2.45) is 0 Å². The van der Waals surface area contributed by atoms with Crippen LogP contribution >= 0.6 is 11.3 Å². The average Bonchev–Trinajstić information content (AvgIpc) is 3.87. The summed E-state index contributed by atoms with van der Waals surface area (Å²) in [6.45, 7) is 0. The Morgan fingerprint density at radius 1 is 0.339 bits per heavy atom. The van der Waals surface area contributed by atoms with Gasteiger partial charge >= 0.3 is 0 Å². The highest BCUT2D eigenvalue weighted by Gasteiger charge is 2.22. The first-order valence-electron chi connectivity index (χ1n) is 20.9. The SMILES string of the molecule is c1ccc(-c2nc(-c3ccc(-n4c5cc6ccccc6cc5c5cc6ccccc6cc54)c4c(-c5ccccc5)cccc34)nc(-c3cccc4c3sc3ccccc34)n2)cc1. The predicted octanol–water partition coefficient (Wildman–Crippen LogP) is 15.5. The highest BCUT2D eigenvalue weighted by Crippen LogP contribution is 2.44. The van der Waals surface area contributed by atoms with Crippen molar-refractivity contribution >= 4 is 85.6 Å². The van der Waals surface area contributed by atoms with Crippen LogP contribution in [0.4, 0.5) is 0 Å². The van der Waals surface area contributed by atoms with E-state index >= 15 is 0 Å². The van der Waals surface area contributed by atoms with Crippen LogP contribution in [0, 0.1) is 0 Å². The van der Waals surface area contributed by atoms with Gasteiger partial charge in [-0.2, -0.15) is 0 Å². The van der Waals surface area contributed by atoms with E-state index in [1.807, 2.05) is 18.2 Å². The van der Waals surface area contributed by atoms with Crippen LogP contribution in [-0.4, -0.2) is 19.5 Å². The lowest BCUT2D eigenvalue weighted by molar-refractivity contribution is 1.08. The van der Waals surface area contributed by atoms with E-state index in [0.29, 0.717) is 17.5 Å². The maximum atomic E-state index is 5.41. The maximum absolute atomic E-state index is 5.41. The van der Waals surface area contributed by atoms with Crippen molar-refractivity contribution < 1.29 is 0 Å². The summed E-state index contributed by atoms with van der Waals surface area (Å²) in [6.07, 6.45) is 0. The van der Waals surface area contributed by atoms with Crippen molar-refractivity contribution in [3.05, 3.63) is 206 Å². The van der Waals surface area contributed by atoms with Gasteiger partial charge in [0.05, 0.1) is 16.7 Å². The van der Waals surface area contributed by atoms with Crippen LogP contribution in [0.2, 0.25) is 0 Å². The quantitative estimate of drug-likeness (QED) is 0.174. The van der Waals surface area contributed by atoms with Gasteiger partial charge in [-0.25, -0.2) is 15.0 Å². The number of hydrogen-bond donors (Lipinski definition) is 0. The fourth-order valence-electron chi connectivity index (χ4n) is 9.53. The molecule has 13 aromatic rings. The van der Waals surface area contributed by atoms with E-state index in [-0.39, 0.29) is 0 Å². The number of aromatic nitrogens is 4. The molecule has 0 radical (unpaired) electrons. The Morgan fingerprint density at radius 2 is 0.855 bits per heavy atom. The second-order valence-electron chi connectivity index (χ2n) is 15.9. The minimum Gasteiger partial charge on any atom is -0.309 e. The molecule has 0 N–H and O–H groups in total. The molecule has 0 aliphatic carbocycles. The minimum atomic E-state index is 0.632. The molecule has 0 amide bonds. The minimum absolute atomic E-state index is 0.632. The Morgan fingerprint density at radius 3 is 1.53 bits per heavy atom. The van der Waals surface area contributed by atoms with E-state index in [0.717, 1.165) is 55.3 Å². The molecule has 0 spiro atoms. The van der Waals surface area contributed by atoms with Crippen molar-refractivity contribution in [2.45, 2.75) is 0 Å². The number of benzene rings is 10. The van der Waals surface area contributed by atoms with Crippen molar-refractivity contribution in [1.29, 1.82) is 0 Å². The third-order valence-corrected chi connectivity index (χ3v) is 13.6. The molecular formula is C57H34N4S. The van der Waals surface area contributed by atoms with Gasteiger partial charge in [-0.3, -0.25) is 0 Å². The number of nitrogens with zero attached hydrogens (tertiary/aromatic N) is 4. The summed E-state index contributed by atoms with van der Waals surface area (Å²) in [5.41, 5.74) is 8.60. The lowest BCUT2D eigenvalue weighted by atomic mass is 9.93. The maximum Gasteiger partial charge on any atom is 0.165 e. The summed E-state index contributed by atoms with van der Waals surface area (Å²) in [7, 11) is 0. The van der Waals surface area contributed by atoms with Gasteiger partial charge in [-0.1, -0.05) is 158 Å². The van der Waals surface area contributed by atoms with Crippen LogP contribution < -0.4 is 0 Å². The molecule has 0 fully saturated rings. The predicted molar refractivity (Wildman–Crippen MR) is 261 cm³/mol. The highest BCUT2D eigenvalue weighted by molar-refractivity contribution is 7.26. The molecule has 5 heteroatoms. The molecule has 0 aliphatic rings. The summed E-state index contributed by atoms with van der Waals surface area (Å²) < 4.78 is 4.90. The zero-order chi connectivity index (χ0) is 40.7. The van der Waals surface area contributed by atoms with E-state index < -0.39 is 0 Å². The number of thiophene rings is 1. The van der Waals surface area contributed by atoms with E-state index in [2.05, 4.69) is 193 Å². The molecule has 62 heavy (non-hydrogen) atoms. The monoisotopic (exact) mass is 806 g/mol. The number of hydrogen-bond acceptors (Lipinski definition) is 4. The molecule has 0 saturated heterocycles. The Labute approximate surface area is 360 Å². The summed E-state index contributed by atoms with van der Waals surface area (Å²) >= 11 is 1.79. The Balaban J connectivity index is 1.13. The summed E-state index contributed by atoms with van der Waals surface area (Å²) in [5, 5.41) is 12.0. The lowest BCUT2D eigenvalue weighted by Gasteiger charge is -2.18. The summed E-state index contributed by atoms with van der Waals surface area (Å²) in [4.78, 5) is 15.9. The van der Waals surface area contributed by atoms with Crippen LogP contribution in [0.15, 0.2) is 206 Å². The zero-order valence-corrected chi connectivity index (χ0v) is 34.1. The van der Waals surface area contributed by atoms with Gasteiger partial charge in [0.15, 0.2) is 17.5 Å². The van der Waals surface area contributed by atoms with Crippen molar-refractivity contribution in [3.63, 3.8) is 0 Å². The largest absolute Gasteiger partial charge is 0.309 e. The van der Waals surface area contributed by atoms with E-state index in [4.69, 9.17) is 15.0 Å². The smallest absolute Gasteiger partial charge is 0.165 e. The first-order chi connectivity index (χ1) is 30.7. The molecule has 288 valence electrons. The van der Waals surface area contributed by atoms with Crippen molar-refractivity contribution in [2.75, 3.05) is 0 Å². The molecule has 3 heterocycles. The molecule has 13 rings (SSSR count). The molecule has 3 aromatic heterocycles. The number of rotatable bonds is 5. The second-order valence-corrected chi connectivity index (χ2v) is 17.0. The van der Waals surface area contributed by atoms with Gasteiger partial charge in [0.25, 0.3) is 0 Å². The summed E-state index contributed by atoms with van der Waals surface area (Å²) in [5.74, 6) is 1.93. The molecule has 10 aromatic carbocycles. The molecule has 0 unspecified atom stereocenters. The lowest BCUT2D eigenvalue weighted by Crippen LogP contribution is -2.02. The van der Waals surface area contributed by atoms with Gasteiger partial charge < -0.3 is 4.57 Å². The Bertz CT molecular complexity index is 3830. The second kappa shape index (κ2) is 13.8. The molecular weight excluding hydrogens is 773 g/mol. The van der Waals surface area contributed by atoms with Gasteiger partial charge in [-0.15, -0.1) is 11.3 Å². The van der Waals surface area contributed by atoms with Crippen LogP contribution in [0.1, 0.15) is 0 Å². The van der Waals surface area contributed by atoms with Gasteiger partial charge in [0, 0.05) is 53.0 Å². The van der Waals surface area contributed by atoms with Gasteiger partial charge in [-0.05, 0) is 86.6 Å². The molecule has 0 saturated carbocycles. The molecule has 0 atom stereocenters. The third-order valence-electron chi connectivity index (χ3n) is 12.4. The van der Waals surface area contributed by atoms with Crippen LogP contribution in [0.5, 0.6) is 0 Å². The highest BCUT2D eigenvalue weighted by atomic mass is 32.1. The van der Waals surface area contributed by atoms with E-state index in [1.54, 1.807) is 11.3 Å². The van der Waals surface area contributed by atoms with Gasteiger partial charge in [0.2, 0.25) is 0 Å². The normalized spacial score (nSPS) is 11.9. The fourth-order valence-corrected chi connectivity index (χ4v) is 10.7. The summed E-state index contributed by atoms with van der Waals surface area (Å²) in [6, 6.07) is 74.0. The first kappa shape index (κ1) is 34.8.